The zero-order chi connectivity index (χ0) is 18.1. The minimum absolute atomic E-state index is 0.0648. The predicted octanol–water partition coefficient (Wildman–Crippen LogP) is 2.53. The highest BCUT2D eigenvalue weighted by molar-refractivity contribution is 6.42. The Kier molecular flexibility index (Phi) is 8.35. The first-order valence-electron chi connectivity index (χ1n) is 7.23. The molecule has 9 heteroatoms. The average Bonchev–Trinajstić information content (AvgIpc) is 2.51. The summed E-state index contributed by atoms with van der Waals surface area (Å²) < 4.78 is 4.67. The van der Waals surface area contributed by atoms with Gasteiger partial charge in [-0.25, -0.2) is 4.79 Å². The molecule has 0 bridgehead atoms. The number of carbonyl (C=O) groups is 3. The molecule has 1 aromatic carbocycles. The molecule has 0 fully saturated rings. The number of hydrogen-bond acceptors (Lipinski definition) is 4. The highest BCUT2D eigenvalue weighted by atomic mass is 35.5. The molecule has 0 atom stereocenters. The van der Waals surface area contributed by atoms with Crippen LogP contribution in [0.3, 0.4) is 0 Å². The highest BCUT2D eigenvalue weighted by Gasteiger charge is 2.14. The Morgan fingerprint density at radius 3 is 2.54 bits per heavy atom. The molecule has 0 unspecified atom stereocenters. The fourth-order valence-electron chi connectivity index (χ4n) is 1.72. The number of amides is 3. The molecule has 0 spiro atoms. The van der Waals surface area contributed by atoms with Crippen LogP contribution in [0.15, 0.2) is 18.2 Å². The van der Waals surface area contributed by atoms with Gasteiger partial charge in [-0.2, -0.15) is 0 Å². The maximum Gasteiger partial charge on any atom is 0.407 e. The highest BCUT2D eigenvalue weighted by Crippen LogP contribution is 2.24. The largest absolute Gasteiger partial charge is 0.450 e. The van der Waals surface area contributed by atoms with Gasteiger partial charge in [-0.1, -0.05) is 23.2 Å². The minimum atomic E-state index is -0.578. The summed E-state index contributed by atoms with van der Waals surface area (Å²) in [7, 11) is 1.50. The lowest BCUT2D eigenvalue weighted by Crippen LogP contribution is -2.37. The third kappa shape index (κ3) is 7.06. The van der Waals surface area contributed by atoms with Crippen molar-refractivity contribution >= 4 is 46.8 Å². The Bertz CT molecular complexity index is 610. The van der Waals surface area contributed by atoms with Crippen LogP contribution in [0.25, 0.3) is 0 Å². The summed E-state index contributed by atoms with van der Waals surface area (Å²) in [5.74, 6) is -0.654. The normalized spacial score (nSPS) is 10.0. The molecule has 0 aliphatic rings. The molecule has 7 nitrogen and oxygen atoms in total. The van der Waals surface area contributed by atoms with Crippen LogP contribution < -0.4 is 10.6 Å². The van der Waals surface area contributed by atoms with Crippen molar-refractivity contribution in [3.63, 3.8) is 0 Å². The third-order valence-corrected chi connectivity index (χ3v) is 3.63. The number of likely N-dealkylation sites (N-methyl/N-ethyl adjacent to an activating group) is 1. The Morgan fingerprint density at radius 2 is 1.92 bits per heavy atom. The van der Waals surface area contributed by atoms with Gasteiger partial charge in [0.2, 0.25) is 11.8 Å². The van der Waals surface area contributed by atoms with E-state index in [9.17, 15) is 14.4 Å². The van der Waals surface area contributed by atoms with Crippen LogP contribution in [-0.2, 0) is 14.3 Å². The lowest BCUT2D eigenvalue weighted by molar-refractivity contribution is -0.133. The quantitative estimate of drug-likeness (QED) is 0.766. The molecular weight excluding hydrogens is 357 g/mol. The van der Waals surface area contributed by atoms with Crippen molar-refractivity contribution in [2.24, 2.45) is 0 Å². The first kappa shape index (κ1) is 20.1. The van der Waals surface area contributed by atoms with Gasteiger partial charge in [-0.15, -0.1) is 0 Å². The van der Waals surface area contributed by atoms with Crippen molar-refractivity contribution in [1.29, 1.82) is 0 Å². The third-order valence-electron chi connectivity index (χ3n) is 2.89. The van der Waals surface area contributed by atoms with Gasteiger partial charge >= 0.3 is 6.09 Å². The SMILES string of the molecule is CCOC(=O)NCCC(=O)N(C)CC(=O)Nc1ccc(Cl)c(Cl)c1. The number of hydrogen-bond donors (Lipinski definition) is 2. The summed E-state index contributed by atoms with van der Waals surface area (Å²) in [5.41, 5.74) is 0.485. The molecule has 0 aliphatic carbocycles. The average molecular weight is 376 g/mol. The van der Waals surface area contributed by atoms with E-state index in [-0.39, 0.29) is 37.9 Å². The molecule has 0 saturated carbocycles. The monoisotopic (exact) mass is 375 g/mol. The molecule has 0 aliphatic heterocycles. The van der Waals surface area contributed by atoms with Crippen LogP contribution in [0.5, 0.6) is 0 Å². The topological polar surface area (TPSA) is 87.7 Å². The Hall–Kier alpha value is -1.99. The Labute approximate surface area is 150 Å². The number of ether oxygens (including phenoxy) is 1. The van der Waals surface area contributed by atoms with Gasteiger partial charge < -0.3 is 20.3 Å². The van der Waals surface area contributed by atoms with Crippen molar-refractivity contribution in [2.45, 2.75) is 13.3 Å². The second-order valence-corrected chi connectivity index (χ2v) is 5.64. The summed E-state index contributed by atoms with van der Waals surface area (Å²) in [5, 5.41) is 5.77. The van der Waals surface area contributed by atoms with Gasteiger partial charge in [-0.3, -0.25) is 9.59 Å². The Morgan fingerprint density at radius 1 is 1.21 bits per heavy atom. The molecular formula is C15H19Cl2N3O4. The number of nitrogens with zero attached hydrogens (tertiary/aromatic N) is 1. The van der Waals surface area contributed by atoms with E-state index in [1.165, 1.54) is 18.0 Å². The smallest absolute Gasteiger partial charge is 0.407 e. The molecule has 132 valence electrons. The fraction of sp³-hybridized carbons (Fsp3) is 0.400. The van der Waals surface area contributed by atoms with Gasteiger partial charge in [0.05, 0.1) is 23.2 Å². The molecule has 0 radical (unpaired) electrons. The van der Waals surface area contributed by atoms with Crippen LogP contribution in [0.1, 0.15) is 13.3 Å². The number of anilines is 1. The number of nitrogens with one attached hydrogen (secondary N) is 2. The molecule has 24 heavy (non-hydrogen) atoms. The number of carbonyl (C=O) groups excluding carboxylic acids is 3. The first-order chi connectivity index (χ1) is 11.3. The summed E-state index contributed by atoms with van der Waals surface area (Å²) in [6, 6.07) is 4.69. The van der Waals surface area contributed by atoms with Gasteiger partial charge in [0.15, 0.2) is 0 Å². The maximum absolute atomic E-state index is 11.9. The van der Waals surface area contributed by atoms with Gasteiger partial charge in [0.1, 0.15) is 0 Å². The molecule has 2 N–H and O–H groups in total. The zero-order valence-electron chi connectivity index (χ0n) is 13.4. The second-order valence-electron chi connectivity index (χ2n) is 4.82. The zero-order valence-corrected chi connectivity index (χ0v) is 14.9. The van der Waals surface area contributed by atoms with E-state index >= 15 is 0 Å². The molecule has 1 aromatic rings. The predicted molar refractivity (Wildman–Crippen MR) is 92.4 cm³/mol. The van der Waals surface area contributed by atoms with E-state index in [0.717, 1.165) is 0 Å². The van der Waals surface area contributed by atoms with E-state index in [0.29, 0.717) is 15.7 Å². The van der Waals surface area contributed by atoms with Crippen LogP contribution in [0, 0.1) is 0 Å². The molecule has 1 rings (SSSR count). The molecule has 3 amide bonds. The number of benzene rings is 1. The van der Waals surface area contributed by atoms with Crippen LogP contribution >= 0.6 is 23.2 Å². The fourth-order valence-corrected chi connectivity index (χ4v) is 2.02. The van der Waals surface area contributed by atoms with E-state index in [4.69, 9.17) is 23.2 Å². The lowest BCUT2D eigenvalue weighted by atomic mass is 10.3. The van der Waals surface area contributed by atoms with E-state index in [1.807, 2.05) is 0 Å². The van der Waals surface area contributed by atoms with Crippen molar-refractivity contribution in [1.82, 2.24) is 10.2 Å². The van der Waals surface area contributed by atoms with Crippen molar-refractivity contribution in [3.05, 3.63) is 28.2 Å². The van der Waals surface area contributed by atoms with E-state index in [1.54, 1.807) is 19.1 Å². The first-order valence-corrected chi connectivity index (χ1v) is 7.98. The van der Waals surface area contributed by atoms with Crippen LogP contribution in [0.2, 0.25) is 10.0 Å². The van der Waals surface area contributed by atoms with E-state index in [2.05, 4.69) is 15.4 Å². The van der Waals surface area contributed by atoms with Gasteiger partial charge in [-0.05, 0) is 25.1 Å². The minimum Gasteiger partial charge on any atom is -0.450 e. The maximum atomic E-state index is 11.9. The number of rotatable bonds is 7. The summed E-state index contributed by atoms with van der Waals surface area (Å²) in [4.78, 5) is 36.2. The van der Waals surface area contributed by atoms with Crippen molar-refractivity contribution in [3.8, 4) is 0 Å². The Balaban J connectivity index is 2.38. The van der Waals surface area contributed by atoms with Crippen molar-refractivity contribution < 1.29 is 19.1 Å². The summed E-state index contributed by atoms with van der Waals surface area (Å²) in [6.07, 6.45) is -0.514. The summed E-state index contributed by atoms with van der Waals surface area (Å²) in [6.45, 7) is 1.95. The van der Waals surface area contributed by atoms with Gasteiger partial charge in [0.25, 0.3) is 0 Å². The number of halogens is 2. The number of alkyl carbamates (subject to hydrolysis) is 1. The lowest BCUT2D eigenvalue weighted by Gasteiger charge is -2.17. The van der Waals surface area contributed by atoms with Gasteiger partial charge in [0, 0.05) is 25.7 Å². The summed E-state index contributed by atoms with van der Waals surface area (Å²) >= 11 is 11.7. The molecule has 0 saturated heterocycles. The molecule has 0 heterocycles. The van der Waals surface area contributed by atoms with Crippen LogP contribution in [-0.4, -0.2) is 49.6 Å². The standard InChI is InChI=1S/C15H19Cl2N3O4/c1-3-24-15(23)18-7-6-14(22)20(2)9-13(21)19-10-4-5-11(16)12(17)8-10/h4-5,8H,3,6-7,9H2,1-2H3,(H,18,23)(H,19,21). The second kappa shape index (κ2) is 10.00. The molecule has 0 aromatic heterocycles. The van der Waals surface area contributed by atoms with Crippen LogP contribution in [0.4, 0.5) is 10.5 Å². The van der Waals surface area contributed by atoms with Crippen molar-refractivity contribution in [2.75, 3.05) is 32.1 Å². The van der Waals surface area contributed by atoms with E-state index < -0.39 is 6.09 Å².